The van der Waals surface area contributed by atoms with Gasteiger partial charge in [-0.2, -0.15) is 4.58 Å². The van der Waals surface area contributed by atoms with Crippen molar-refractivity contribution in [2.45, 2.75) is 26.2 Å². The quantitative estimate of drug-likeness (QED) is 0.520. The maximum Gasteiger partial charge on any atom is 0.337 e. The van der Waals surface area contributed by atoms with Crippen LogP contribution in [0, 0.1) is 6.92 Å². The molecule has 0 saturated heterocycles. The lowest BCUT2D eigenvalue weighted by molar-refractivity contribution is -0.401. The molecule has 3 aromatic rings. The lowest BCUT2D eigenvalue weighted by atomic mass is 9.80. The fourth-order valence-corrected chi connectivity index (χ4v) is 4.26. The number of carbonyl (C=O) groups excluding carboxylic acids is 1. The van der Waals surface area contributed by atoms with Crippen LogP contribution < -0.4 is 0 Å². The summed E-state index contributed by atoms with van der Waals surface area (Å²) in [4.78, 5) is 15.4. The van der Waals surface area contributed by atoms with Gasteiger partial charge in [0.05, 0.1) is 18.1 Å². The van der Waals surface area contributed by atoms with Crippen molar-refractivity contribution in [2.24, 2.45) is 0 Å². The first-order valence-corrected chi connectivity index (χ1v) is 9.44. The van der Waals surface area contributed by atoms with Crippen molar-refractivity contribution in [1.82, 2.24) is 4.98 Å². The Kier molecular flexibility index (Phi) is 4.22. The van der Waals surface area contributed by atoms with Crippen LogP contribution in [0.5, 0.6) is 0 Å². The molecule has 1 aliphatic rings. The standard InChI is InChI=1S/C24H24N2O2/c1-15-17(18-8-6-7-9-20(18)25-15)11-13-22-24(2,3)19-14-16(23(27)28-5)10-12-21(19)26(22)4/h6-14H,1-5H3/p+1. The lowest BCUT2D eigenvalue weighted by Crippen LogP contribution is -2.26. The Hall–Kier alpha value is -3.14. The molecule has 2 aromatic carbocycles. The Morgan fingerprint density at radius 1 is 1.14 bits per heavy atom. The van der Waals surface area contributed by atoms with E-state index in [-0.39, 0.29) is 11.4 Å². The van der Waals surface area contributed by atoms with Gasteiger partial charge in [0.1, 0.15) is 7.05 Å². The number of esters is 1. The summed E-state index contributed by atoms with van der Waals surface area (Å²) in [6.45, 7) is 6.49. The third-order valence-corrected chi connectivity index (χ3v) is 5.81. The molecule has 0 atom stereocenters. The molecule has 0 fully saturated rings. The summed E-state index contributed by atoms with van der Waals surface area (Å²) in [7, 11) is 3.49. The van der Waals surface area contributed by atoms with E-state index in [2.05, 4.69) is 67.7 Å². The molecular weight excluding hydrogens is 348 g/mol. The predicted molar refractivity (Wildman–Crippen MR) is 114 cm³/mol. The van der Waals surface area contributed by atoms with E-state index in [1.807, 2.05) is 24.3 Å². The van der Waals surface area contributed by atoms with Crippen LogP contribution in [0.3, 0.4) is 0 Å². The van der Waals surface area contributed by atoms with Crippen LogP contribution >= 0.6 is 0 Å². The van der Waals surface area contributed by atoms with Crippen LogP contribution in [0.15, 0.2) is 48.5 Å². The first kappa shape index (κ1) is 18.2. The zero-order valence-corrected chi connectivity index (χ0v) is 17.0. The number of nitrogens with zero attached hydrogens (tertiary/aromatic N) is 1. The maximum atomic E-state index is 12.0. The highest BCUT2D eigenvalue weighted by atomic mass is 16.5. The smallest absolute Gasteiger partial charge is 0.337 e. The number of hydrogen-bond acceptors (Lipinski definition) is 2. The molecule has 2 heterocycles. The summed E-state index contributed by atoms with van der Waals surface area (Å²) in [5, 5.41) is 1.22. The molecule has 1 aliphatic heterocycles. The van der Waals surface area contributed by atoms with E-state index in [0.29, 0.717) is 5.56 Å². The third kappa shape index (κ3) is 2.68. The van der Waals surface area contributed by atoms with Crippen LogP contribution in [0.25, 0.3) is 17.0 Å². The zero-order chi connectivity index (χ0) is 20.1. The van der Waals surface area contributed by atoms with Crippen LogP contribution in [-0.4, -0.2) is 35.4 Å². The van der Waals surface area contributed by atoms with Gasteiger partial charge in [-0.25, -0.2) is 4.79 Å². The Morgan fingerprint density at radius 3 is 2.64 bits per heavy atom. The average Bonchev–Trinajstić information content (AvgIpc) is 3.10. The zero-order valence-electron chi connectivity index (χ0n) is 17.0. The minimum Gasteiger partial charge on any atom is -0.465 e. The molecule has 0 bridgehead atoms. The van der Waals surface area contributed by atoms with Crippen molar-refractivity contribution < 1.29 is 14.1 Å². The number of ether oxygens (including phenoxy) is 1. The predicted octanol–water partition coefficient (Wildman–Crippen LogP) is 4.98. The van der Waals surface area contributed by atoms with Crippen LogP contribution in [-0.2, 0) is 10.2 Å². The van der Waals surface area contributed by atoms with E-state index in [1.165, 1.54) is 23.8 Å². The molecule has 4 nitrogen and oxygen atoms in total. The molecule has 0 amide bonds. The molecule has 0 spiro atoms. The highest BCUT2D eigenvalue weighted by molar-refractivity contribution is 6.07. The third-order valence-electron chi connectivity index (χ3n) is 5.81. The number of nitrogens with one attached hydrogen (secondary N) is 1. The number of benzene rings is 2. The first-order chi connectivity index (χ1) is 13.3. The molecule has 1 aromatic heterocycles. The molecule has 28 heavy (non-hydrogen) atoms. The van der Waals surface area contributed by atoms with E-state index in [9.17, 15) is 4.79 Å². The number of para-hydroxylation sites is 1. The fraction of sp³-hybridized carbons (Fsp3) is 0.250. The van der Waals surface area contributed by atoms with Crippen molar-refractivity contribution in [3.63, 3.8) is 0 Å². The summed E-state index contributed by atoms with van der Waals surface area (Å²) in [5.74, 6) is -0.306. The summed E-state index contributed by atoms with van der Waals surface area (Å²) < 4.78 is 7.10. The highest BCUT2D eigenvalue weighted by Crippen LogP contribution is 2.40. The first-order valence-electron chi connectivity index (χ1n) is 9.44. The SMILES string of the molecule is COC(=O)c1ccc2c(c1)C(C)(C)C(/C=C/c1c(C)[nH]c3ccccc13)=[N+]2C. The summed E-state index contributed by atoms with van der Waals surface area (Å²) in [6.07, 6.45) is 4.38. The van der Waals surface area contributed by atoms with E-state index >= 15 is 0 Å². The number of aromatic nitrogens is 1. The number of aromatic amines is 1. The second kappa shape index (κ2) is 6.48. The largest absolute Gasteiger partial charge is 0.465 e. The van der Waals surface area contributed by atoms with Crippen LogP contribution in [0.1, 0.15) is 41.0 Å². The fourth-order valence-electron chi connectivity index (χ4n) is 4.26. The van der Waals surface area contributed by atoms with Gasteiger partial charge >= 0.3 is 5.97 Å². The number of aryl methyl sites for hydroxylation is 1. The van der Waals surface area contributed by atoms with Crippen molar-refractivity contribution in [3.8, 4) is 0 Å². The van der Waals surface area contributed by atoms with Crippen LogP contribution in [0.2, 0.25) is 0 Å². The molecule has 0 saturated carbocycles. The molecule has 4 rings (SSSR count). The Labute approximate surface area is 165 Å². The molecule has 142 valence electrons. The van der Waals surface area contributed by atoms with Gasteiger partial charge in [-0.15, -0.1) is 0 Å². The van der Waals surface area contributed by atoms with Gasteiger partial charge in [0.25, 0.3) is 0 Å². The van der Waals surface area contributed by atoms with Gasteiger partial charge in [-0.05, 0) is 45.0 Å². The van der Waals surface area contributed by atoms with E-state index in [0.717, 1.165) is 22.5 Å². The monoisotopic (exact) mass is 373 g/mol. The minimum atomic E-state index is -0.306. The van der Waals surface area contributed by atoms with Gasteiger partial charge < -0.3 is 9.72 Å². The maximum absolute atomic E-state index is 12.0. The van der Waals surface area contributed by atoms with Gasteiger partial charge in [-0.3, -0.25) is 0 Å². The Morgan fingerprint density at radius 2 is 1.89 bits per heavy atom. The Balaban J connectivity index is 1.77. The van der Waals surface area contributed by atoms with Gasteiger partial charge in [-0.1, -0.05) is 18.2 Å². The second-order valence-corrected chi connectivity index (χ2v) is 7.84. The number of carbonyl (C=O) groups is 1. The lowest BCUT2D eigenvalue weighted by Gasteiger charge is -2.16. The topological polar surface area (TPSA) is 45.1 Å². The summed E-state index contributed by atoms with van der Waals surface area (Å²) >= 11 is 0. The molecule has 0 aliphatic carbocycles. The van der Waals surface area contributed by atoms with Gasteiger partial charge in [0.15, 0.2) is 5.71 Å². The number of methoxy groups -OCH3 is 1. The van der Waals surface area contributed by atoms with Crippen molar-refractivity contribution in [2.75, 3.05) is 14.2 Å². The summed E-state index contributed by atoms with van der Waals surface area (Å²) in [5.41, 5.74) is 7.32. The minimum absolute atomic E-state index is 0.218. The number of H-pyrrole nitrogens is 1. The molecular formula is C24H25N2O2+. The average molecular weight is 373 g/mol. The van der Waals surface area contributed by atoms with Crippen molar-refractivity contribution in [3.05, 3.63) is 70.9 Å². The highest BCUT2D eigenvalue weighted by Gasteiger charge is 2.43. The van der Waals surface area contributed by atoms with E-state index in [4.69, 9.17) is 4.74 Å². The number of hydrogen-bond donors (Lipinski definition) is 1. The number of allylic oxidation sites excluding steroid dienone is 1. The van der Waals surface area contributed by atoms with E-state index < -0.39 is 0 Å². The molecule has 1 N–H and O–H groups in total. The molecule has 0 radical (unpaired) electrons. The number of rotatable bonds is 3. The van der Waals surface area contributed by atoms with Crippen LogP contribution in [0.4, 0.5) is 5.69 Å². The normalized spacial score (nSPS) is 15.5. The summed E-state index contributed by atoms with van der Waals surface area (Å²) in [6, 6.07) is 14.1. The van der Waals surface area contributed by atoms with Gasteiger partial charge in [0, 0.05) is 39.9 Å². The molecule has 4 heteroatoms. The van der Waals surface area contributed by atoms with E-state index in [1.54, 1.807) is 0 Å². The van der Waals surface area contributed by atoms with Crippen molar-refractivity contribution in [1.29, 1.82) is 0 Å². The Bertz CT molecular complexity index is 1160. The number of fused-ring (bicyclic) bond motifs is 2. The second-order valence-electron chi connectivity index (χ2n) is 7.84. The van der Waals surface area contributed by atoms with Gasteiger partial charge in [0.2, 0.25) is 5.69 Å². The van der Waals surface area contributed by atoms with Crippen molar-refractivity contribution >= 4 is 34.3 Å². The molecule has 0 unspecified atom stereocenters.